The monoisotopic (exact) mass is 247 g/mol. The van der Waals surface area contributed by atoms with Gasteiger partial charge >= 0.3 is 0 Å². The van der Waals surface area contributed by atoms with Crippen molar-refractivity contribution in [3.05, 3.63) is 49.1 Å². The molecule has 0 aliphatic carbocycles. The van der Waals surface area contributed by atoms with Crippen LogP contribution in [-0.4, -0.2) is 9.85 Å². The Hall–Kier alpha value is -2.75. The van der Waals surface area contributed by atoms with Gasteiger partial charge in [0.25, 0.3) is 11.4 Å². The minimum Gasteiger partial charge on any atom is -0.258 e. The molecule has 0 aliphatic rings. The van der Waals surface area contributed by atoms with Gasteiger partial charge in [-0.15, -0.1) is 0 Å². The third kappa shape index (κ3) is 2.32. The van der Waals surface area contributed by atoms with E-state index in [9.17, 15) is 20.2 Å². The number of nitriles is 1. The Balaban J connectivity index is 3.67. The molecule has 0 amide bonds. The highest BCUT2D eigenvalue weighted by Gasteiger charge is 2.26. The molecule has 0 N–H and O–H groups in total. The summed E-state index contributed by atoms with van der Waals surface area (Å²) in [7, 11) is 0. The Labute approximate surface area is 102 Å². The van der Waals surface area contributed by atoms with Gasteiger partial charge in [0.05, 0.1) is 15.9 Å². The van der Waals surface area contributed by atoms with Crippen molar-refractivity contribution in [2.24, 2.45) is 0 Å². The smallest absolute Gasteiger partial charge is 0.258 e. The molecule has 0 fully saturated rings. The van der Waals surface area contributed by atoms with Gasteiger partial charge in [0.1, 0.15) is 5.56 Å². The van der Waals surface area contributed by atoms with Crippen molar-refractivity contribution in [3.8, 4) is 6.07 Å². The molecule has 0 radical (unpaired) electrons. The highest BCUT2D eigenvalue weighted by molar-refractivity contribution is 5.69. The average molecular weight is 247 g/mol. The number of nitrogens with zero attached hydrogens (tertiary/aromatic N) is 3. The first-order valence-electron chi connectivity index (χ1n) is 4.89. The van der Waals surface area contributed by atoms with Crippen LogP contribution in [0.3, 0.4) is 0 Å². The zero-order valence-corrected chi connectivity index (χ0v) is 9.71. The van der Waals surface area contributed by atoms with Crippen LogP contribution in [0.25, 0.3) is 6.08 Å². The van der Waals surface area contributed by atoms with Crippen LogP contribution in [-0.2, 0) is 0 Å². The fourth-order valence-electron chi connectivity index (χ4n) is 1.67. The number of hydrogen-bond donors (Lipinski definition) is 0. The largest absolute Gasteiger partial charge is 0.282 e. The van der Waals surface area contributed by atoms with Crippen molar-refractivity contribution in [1.29, 1.82) is 5.26 Å². The van der Waals surface area contributed by atoms with Crippen molar-refractivity contribution >= 4 is 17.5 Å². The maximum atomic E-state index is 10.9. The Morgan fingerprint density at radius 3 is 2.28 bits per heavy atom. The normalized spacial score (nSPS) is 10.3. The third-order valence-corrected chi connectivity index (χ3v) is 2.54. The standard InChI is InChI=1S/C11H9N3O4/c1-7-9(4-3-5-12)6-10(13(15)16)8(2)11(7)14(17)18/h3-4,6H,1-2H3/b4-3+. The summed E-state index contributed by atoms with van der Waals surface area (Å²) in [6, 6.07) is 2.96. The molecular formula is C11H9N3O4. The molecule has 92 valence electrons. The Bertz CT molecular complexity index is 599. The number of nitro groups is 2. The summed E-state index contributed by atoms with van der Waals surface area (Å²) in [6.45, 7) is 2.83. The minimum atomic E-state index is -0.675. The molecule has 7 heteroatoms. The van der Waals surface area contributed by atoms with E-state index in [2.05, 4.69) is 0 Å². The van der Waals surface area contributed by atoms with Gasteiger partial charge in [0.15, 0.2) is 0 Å². The van der Waals surface area contributed by atoms with Crippen molar-refractivity contribution in [2.75, 3.05) is 0 Å². The molecule has 1 aromatic rings. The van der Waals surface area contributed by atoms with Gasteiger partial charge in [-0.1, -0.05) is 0 Å². The van der Waals surface area contributed by atoms with Gasteiger partial charge in [-0.3, -0.25) is 20.2 Å². The molecule has 0 bridgehead atoms. The Morgan fingerprint density at radius 2 is 1.83 bits per heavy atom. The molecule has 0 aliphatic heterocycles. The number of rotatable bonds is 3. The van der Waals surface area contributed by atoms with E-state index < -0.39 is 9.85 Å². The maximum absolute atomic E-state index is 10.9. The van der Waals surface area contributed by atoms with E-state index in [4.69, 9.17) is 5.26 Å². The van der Waals surface area contributed by atoms with Gasteiger partial charge in [-0.25, -0.2) is 0 Å². The molecule has 1 rings (SSSR count). The fraction of sp³-hybridized carbons (Fsp3) is 0.182. The van der Waals surface area contributed by atoms with E-state index in [0.717, 1.165) is 6.08 Å². The van der Waals surface area contributed by atoms with Crippen LogP contribution in [0.2, 0.25) is 0 Å². The van der Waals surface area contributed by atoms with Crippen LogP contribution < -0.4 is 0 Å². The quantitative estimate of drug-likeness (QED) is 0.463. The second-order valence-electron chi connectivity index (χ2n) is 3.56. The molecule has 0 spiro atoms. The Morgan fingerprint density at radius 1 is 1.22 bits per heavy atom. The van der Waals surface area contributed by atoms with E-state index in [1.165, 1.54) is 26.0 Å². The lowest BCUT2D eigenvalue weighted by Gasteiger charge is -2.05. The van der Waals surface area contributed by atoms with Crippen LogP contribution in [0.4, 0.5) is 11.4 Å². The van der Waals surface area contributed by atoms with Crippen LogP contribution in [0.5, 0.6) is 0 Å². The summed E-state index contributed by atoms with van der Waals surface area (Å²) in [5, 5.41) is 30.2. The summed E-state index contributed by atoms with van der Waals surface area (Å²) in [6.07, 6.45) is 2.43. The Kier molecular flexibility index (Phi) is 3.74. The number of benzene rings is 1. The summed E-state index contributed by atoms with van der Waals surface area (Å²) in [5.41, 5.74) is -0.0153. The van der Waals surface area contributed by atoms with Crippen molar-refractivity contribution in [1.82, 2.24) is 0 Å². The SMILES string of the molecule is Cc1c(/C=C/C#N)cc([N+](=O)[O-])c(C)c1[N+](=O)[O-]. The number of hydrogen-bond acceptors (Lipinski definition) is 5. The lowest BCUT2D eigenvalue weighted by atomic mass is 10.0. The topological polar surface area (TPSA) is 110 Å². The molecule has 0 saturated heterocycles. The van der Waals surface area contributed by atoms with E-state index in [-0.39, 0.29) is 16.9 Å². The van der Waals surface area contributed by atoms with Crippen LogP contribution in [0, 0.1) is 45.4 Å². The zero-order valence-electron chi connectivity index (χ0n) is 9.71. The molecule has 7 nitrogen and oxygen atoms in total. The minimum absolute atomic E-state index is 0.0107. The second-order valence-corrected chi connectivity index (χ2v) is 3.56. The lowest BCUT2D eigenvalue weighted by molar-refractivity contribution is -0.395. The van der Waals surface area contributed by atoms with Crippen molar-refractivity contribution in [2.45, 2.75) is 13.8 Å². The predicted molar refractivity (Wildman–Crippen MR) is 63.9 cm³/mol. The van der Waals surface area contributed by atoms with Crippen LogP contribution >= 0.6 is 0 Å². The van der Waals surface area contributed by atoms with Crippen LogP contribution in [0.1, 0.15) is 16.7 Å². The highest BCUT2D eigenvalue weighted by Crippen LogP contribution is 2.34. The zero-order chi connectivity index (χ0) is 13.9. The van der Waals surface area contributed by atoms with Crippen molar-refractivity contribution in [3.63, 3.8) is 0 Å². The maximum Gasteiger partial charge on any atom is 0.282 e. The molecule has 0 unspecified atom stereocenters. The van der Waals surface area contributed by atoms with E-state index >= 15 is 0 Å². The van der Waals surface area contributed by atoms with E-state index in [1.54, 1.807) is 6.07 Å². The first-order valence-corrected chi connectivity index (χ1v) is 4.89. The average Bonchev–Trinajstić information content (AvgIpc) is 2.27. The van der Waals surface area contributed by atoms with Crippen LogP contribution in [0.15, 0.2) is 12.1 Å². The molecular weight excluding hydrogens is 238 g/mol. The number of allylic oxidation sites excluding steroid dienone is 1. The second kappa shape index (κ2) is 5.05. The third-order valence-electron chi connectivity index (χ3n) is 2.54. The highest BCUT2D eigenvalue weighted by atomic mass is 16.6. The molecule has 0 atom stereocenters. The van der Waals surface area contributed by atoms with Gasteiger partial charge in [-0.2, -0.15) is 5.26 Å². The molecule has 0 saturated carbocycles. The van der Waals surface area contributed by atoms with E-state index in [0.29, 0.717) is 11.1 Å². The van der Waals surface area contributed by atoms with Gasteiger partial charge < -0.3 is 0 Å². The predicted octanol–water partition coefficient (Wildman–Crippen LogP) is 2.66. The number of nitro benzene ring substituents is 2. The summed E-state index contributed by atoms with van der Waals surface area (Å²) < 4.78 is 0. The van der Waals surface area contributed by atoms with Gasteiger partial charge in [0.2, 0.25) is 0 Å². The van der Waals surface area contributed by atoms with Gasteiger partial charge in [-0.05, 0) is 25.5 Å². The summed E-state index contributed by atoms with van der Waals surface area (Å²) in [5.74, 6) is 0. The van der Waals surface area contributed by atoms with E-state index in [1.807, 2.05) is 0 Å². The van der Waals surface area contributed by atoms with Gasteiger partial charge in [0, 0.05) is 17.7 Å². The molecule has 0 heterocycles. The molecule has 18 heavy (non-hydrogen) atoms. The fourth-order valence-corrected chi connectivity index (χ4v) is 1.67. The van der Waals surface area contributed by atoms with Crippen molar-refractivity contribution < 1.29 is 9.85 Å². The first-order chi connectivity index (χ1) is 8.40. The lowest BCUT2D eigenvalue weighted by Crippen LogP contribution is -2.01. The first kappa shape index (κ1) is 13.3. The molecule has 0 aromatic heterocycles. The summed E-state index contributed by atoms with van der Waals surface area (Å²) in [4.78, 5) is 20.4. The summed E-state index contributed by atoms with van der Waals surface area (Å²) >= 11 is 0. The molecule has 1 aromatic carbocycles.